The van der Waals surface area contributed by atoms with Crippen LogP contribution in [0.3, 0.4) is 0 Å². The van der Waals surface area contributed by atoms with E-state index < -0.39 is 6.17 Å². The topological polar surface area (TPSA) is 3.24 Å². The van der Waals surface area contributed by atoms with Gasteiger partial charge in [-0.1, -0.05) is 22.6 Å². The molecule has 48 valence electrons. The number of nitrogens with zero attached hydrogens (tertiary/aromatic N) is 1. The zero-order valence-electron chi connectivity index (χ0n) is 4.61. The predicted molar refractivity (Wildman–Crippen MR) is 40.2 cm³/mol. The summed E-state index contributed by atoms with van der Waals surface area (Å²) in [6, 6.07) is 0. The van der Waals surface area contributed by atoms with Crippen molar-refractivity contribution in [3.63, 3.8) is 0 Å². The molecule has 0 aromatic carbocycles. The fourth-order valence-electron chi connectivity index (χ4n) is 0.809. The molecule has 8 heavy (non-hydrogen) atoms. The normalized spacial score (nSPS) is 23.2. The Hall–Kier alpha value is 0.620. The minimum Gasteiger partial charge on any atom is -0.297 e. The van der Waals surface area contributed by atoms with E-state index in [-0.39, 0.29) is 0 Å². The Morgan fingerprint density at radius 2 is 2.25 bits per heavy atom. The first kappa shape index (κ1) is 6.74. The molecule has 1 nitrogen and oxygen atoms in total. The summed E-state index contributed by atoms with van der Waals surface area (Å²) in [7, 11) is 0. The van der Waals surface area contributed by atoms with Gasteiger partial charge in [-0.15, -0.1) is 0 Å². The zero-order valence-corrected chi connectivity index (χ0v) is 6.77. The van der Waals surface area contributed by atoms with E-state index in [1.807, 2.05) is 0 Å². The van der Waals surface area contributed by atoms with E-state index >= 15 is 0 Å². The highest BCUT2D eigenvalue weighted by Crippen LogP contribution is 2.10. The third kappa shape index (κ3) is 1.55. The van der Waals surface area contributed by atoms with Crippen molar-refractivity contribution in [2.45, 2.75) is 6.17 Å². The van der Waals surface area contributed by atoms with Crippen molar-refractivity contribution in [1.82, 2.24) is 4.90 Å². The van der Waals surface area contributed by atoms with Crippen molar-refractivity contribution in [3.8, 4) is 0 Å². The summed E-state index contributed by atoms with van der Waals surface area (Å²) in [4.78, 5) is 2.12. The van der Waals surface area contributed by atoms with Crippen LogP contribution in [0.4, 0.5) is 4.39 Å². The van der Waals surface area contributed by atoms with Gasteiger partial charge in [0.25, 0.3) is 0 Å². The molecule has 1 aliphatic heterocycles. The lowest BCUT2D eigenvalue weighted by Gasteiger charge is -2.33. The lowest BCUT2D eigenvalue weighted by Crippen LogP contribution is -2.48. The SMILES string of the molecule is FC1CN(CCI)C1. The monoisotopic (exact) mass is 229 g/mol. The highest BCUT2D eigenvalue weighted by molar-refractivity contribution is 14.1. The van der Waals surface area contributed by atoms with Gasteiger partial charge in [0.05, 0.1) is 0 Å². The highest BCUT2D eigenvalue weighted by atomic mass is 127. The molecule has 0 aromatic rings. The van der Waals surface area contributed by atoms with Gasteiger partial charge in [0, 0.05) is 24.1 Å². The van der Waals surface area contributed by atoms with Crippen LogP contribution in [0.15, 0.2) is 0 Å². The van der Waals surface area contributed by atoms with Crippen LogP contribution in [-0.2, 0) is 0 Å². The van der Waals surface area contributed by atoms with Gasteiger partial charge in [0.2, 0.25) is 0 Å². The molecule has 0 N–H and O–H groups in total. The van der Waals surface area contributed by atoms with Gasteiger partial charge in [-0.05, 0) is 0 Å². The summed E-state index contributed by atoms with van der Waals surface area (Å²) in [5.41, 5.74) is 0. The summed E-state index contributed by atoms with van der Waals surface area (Å²) in [5.74, 6) is 0. The minimum atomic E-state index is -0.530. The largest absolute Gasteiger partial charge is 0.297 e. The molecule has 0 radical (unpaired) electrons. The smallest absolute Gasteiger partial charge is 0.125 e. The van der Waals surface area contributed by atoms with Crippen molar-refractivity contribution >= 4 is 22.6 Å². The van der Waals surface area contributed by atoms with Gasteiger partial charge >= 0.3 is 0 Å². The van der Waals surface area contributed by atoms with Crippen LogP contribution >= 0.6 is 22.6 Å². The molecule has 1 fully saturated rings. The molecular formula is C5H9FIN. The van der Waals surface area contributed by atoms with Crippen LogP contribution in [0, 0.1) is 0 Å². The molecule has 0 spiro atoms. The Kier molecular flexibility index (Phi) is 2.49. The number of hydrogen-bond donors (Lipinski definition) is 0. The van der Waals surface area contributed by atoms with Crippen LogP contribution in [-0.4, -0.2) is 35.1 Å². The molecule has 0 amide bonds. The first-order valence-electron chi connectivity index (χ1n) is 2.75. The Balaban J connectivity index is 1.98. The third-order valence-electron chi connectivity index (χ3n) is 1.31. The molecule has 0 unspecified atom stereocenters. The van der Waals surface area contributed by atoms with E-state index in [2.05, 4.69) is 27.5 Å². The maximum atomic E-state index is 12.0. The molecule has 0 aromatic heterocycles. The fourth-order valence-corrected chi connectivity index (χ4v) is 1.49. The van der Waals surface area contributed by atoms with Crippen molar-refractivity contribution in [2.24, 2.45) is 0 Å². The first-order chi connectivity index (χ1) is 3.83. The van der Waals surface area contributed by atoms with Gasteiger partial charge in [-0.25, -0.2) is 4.39 Å². The van der Waals surface area contributed by atoms with Gasteiger partial charge in [-0.2, -0.15) is 0 Å². The molecule has 1 aliphatic rings. The quantitative estimate of drug-likeness (QED) is 0.505. The van der Waals surface area contributed by atoms with Crippen molar-refractivity contribution in [1.29, 1.82) is 0 Å². The average molecular weight is 229 g/mol. The molecule has 1 rings (SSSR count). The van der Waals surface area contributed by atoms with Crippen LogP contribution < -0.4 is 0 Å². The molecule has 3 heteroatoms. The van der Waals surface area contributed by atoms with Crippen molar-refractivity contribution in [3.05, 3.63) is 0 Å². The van der Waals surface area contributed by atoms with E-state index in [9.17, 15) is 4.39 Å². The van der Waals surface area contributed by atoms with Crippen LogP contribution in [0.1, 0.15) is 0 Å². The van der Waals surface area contributed by atoms with Gasteiger partial charge in [0.1, 0.15) is 6.17 Å². The van der Waals surface area contributed by atoms with E-state index in [1.165, 1.54) is 0 Å². The maximum absolute atomic E-state index is 12.0. The molecule has 1 heterocycles. The van der Waals surface area contributed by atoms with Gasteiger partial charge in [-0.3, -0.25) is 4.90 Å². The summed E-state index contributed by atoms with van der Waals surface area (Å²) in [6.45, 7) is 2.40. The Morgan fingerprint density at radius 3 is 2.62 bits per heavy atom. The number of hydrogen-bond acceptors (Lipinski definition) is 1. The first-order valence-corrected chi connectivity index (χ1v) is 4.28. The lowest BCUT2D eigenvalue weighted by molar-refractivity contribution is 0.0728. The molecular weight excluding hydrogens is 220 g/mol. The summed E-state index contributed by atoms with van der Waals surface area (Å²) < 4.78 is 13.2. The second kappa shape index (κ2) is 2.96. The molecule has 0 bridgehead atoms. The number of alkyl halides is 2. The van der Waals surface area contributed by atoms with E-state index in [4.69, 9.17) is 0 Å². The van der Waals surface area contributed by atoms with Crippen LogP contribution in [0.25, 0.3) is 0 Å². The molecule has 0 aliphatic carbocycles. The number of halogens is 2. The minimum absolute atomic E-state index is 0.530. The number of rotatable bonds is 2. The second-order valence-electron chi connectivity index (χ2n) is 2.05. The van der Waals surface area contributed by atoms with Gasteiger partial charge < -0.3 is 0 Å². The average Bonchev–Trinajstić information content (AvgIpc) is 1.64. The second-order valence-corrected chi connectivity index (χ2v) is 3.12. The van der Waals surface area contributed by atoms with Crippen molar-refractivity contribution < 1.29 is 4.39 Å². The third-order valence-corrected chi connectivity index (χ3v) is 1.80. The summed E-state index contributed by atoms with van der Waals surface area (Å²) in [6.07, 6.45) is -0.530. The van der Waals surface area contributed by atoms with E-state index in [1.54, 1.807) is 0 Å². The molecule has 0 saturated carbocycles. The van der Waals surface area contributed by atoms with Crippen molar-refractivity contribution in [2.75, 3.05) is 24.1 Å². The number of likely N-dealkylation sites (tertiary alicyclic amines) is 1. The summed E-state index contributed by atoms with van der Waals surface area (Å²) >= 11 is 2.30. The fraction of sp³-hybridized carbons (Fsp3) is 1.00. The standard InChI is InChI=1S/C5H9FIN/c6-5-3-8(4-5)2-1-7/h5H,1-4H2. The molecule has 0 atom stereocenters. The maximum Gasteiger partial charge on any atom is 0.125 e. The predicted octanol–water partition coefficient (Wildman–Crippen LogP) is 1.08. The Morgan fingerprint density at radius 1 is 1.62 bits per heavy atom. The van der Waals surface area contributed by atoms with E-state index in [0.717, 1.165) is 11.0 Å². The Labute approximate surface area is 62.4 Å². The lowest BCUT2D eigenvalue weighted by atomic mass is 10.2. The van der Waals surface area contributed by atoms with Gasteiger partial charge in [0.15, 0.2) is 0 Å². The van der Waals surface area contributed by atoms with Crippen LogP contribution in [0.2, 0.25) is 0 Å². The van der Waals surface area contributed by atoms with E-state index in [0.29, 0.717) is 13.1 Å². The Bertz CT molecular complexity index is 70.1. The highest BCUT2D eigenvalue weighted by Gasteiger charge is 2.24. The summed E-state index contributed by atoms with van der Waals surface area (Å²) in [5, 5.41) is 0. The van der Waals surface area contributed by atoms with Crippen LogP contribution in [0.5, 0.6) is 0 Å². The zero-order chi connectivity index (χ0) is 5.98. The molecule has 1 saturated heterocycles.